The van der Waals surface area contributed by atoms with Crippen molar-refractivity contribution < 1.29 is 9.53 Å². The first kappa shape index (κ1) is 16.1. The van der Waals surface area contributed by atoms with Crippen LogP contribution >= 0.6 is 12.4 Å². The second kappa shape index (κ2) is 6.23. The summed E-state index contributed by atoms with van der Waals surface area (Å²) < 4.78 is 5.61. The van der Waals surface area contributed by atoms with Crippen molar-refractivity contribution in [1.29, 1.82) is 0 Å². The number of likely N-dealkylation sites (N-methyl/N-ethyl adjacent to an activating group) is 1. The van der Waals surface area contributed by atoms with Crippen molar-refractivity contribution in [3.05, 3.63) is 0 Å². The van der Waals surface area contributed by atoms with E-state index in [1.807, 2.05) is 14.1 Å². The Labute approximate surface area is 128 Å². The third-order valence-corrected chi connectivity index (χ3v) is 5.56. The number of hydrogen-bond donors (Lipinski definition) is 0. The van der Waals surface area contributed by atoms with Gasteiger partial charge in [0.05, 0.1) is 5.41 Å². The van der Waals surface area contributed by atoms with Crippen LogP contribution in [0.5, 0.6) is 0 Å². The predicted molar refractivity (Wildman–Crippen MR) is 82.0 cm³/mol. The van der Waals surface area contributed by atoms with Crippen molar-refractivity contribution in [3.63, 3.8) is 0 Å². The van der Waals surface area contributed by atoms with E-state index in [1.165, 1.54) is 25.7 Å². The first-order chi connectivity index (χ1) is 9.07. The van der Waals surface area contributed by atoms with Crippen molar-refractivity contribution in [2.24, 2.45) is 23.2 Å². The maximum Gasteiger partial charge on any atom is 0.312 e. The normalized spacial score (nSPS) is 38.5. The first-order valence-electron chi connectivity index (χ1n) is 7.89. The molecule has 0 heterocycles. The summed E-state index contributed by atoms with van der Waals surface area (Å²) in [6, 6.07) is 0. The van der Waals surface area contributed by atoms with Gasteiger partial charge in [-0.05, 0) is 64.0 Å². The van der Waals surface area contributed by atoms with Gasteiger partial charge in [0.1, 0.15) is 6.61 Å². The number of halogens is 1. The van der Waals surface area contributed by atoms with Crippen molar-refractivity contribution in [3.8, 4) is 0 Å². The summed E-state index contributed by atoms with van der Waals surface area (Å²) in [6.07, 6.45) is 8.80. The van der Waals surface area contributed by atoms with Crippen LogP contribution in [0.4, 0.5) is 0 Å². The highest BCUT2D eigenvalue weighted by Gasteiger charge is 2.53. The molecule has 4 fully saturated rings. The molecule has 0 aliphatic heterocycles. The molecule has 116 valence electrons. The smallest absolute Gasteiger partial charge is 0.312 e. The van der Waals surface area contributed by atoms with Gasteiger partial charge in [0.2, 0.25) is 0 Å². The van der Waals surface area contributed by atoms with Gasteiger partial charge in [-0.1, -0.05) is 12.8 Å². The fourth-order valence-electron chi connectivity index (χ4n) is 4.92. The summed E-state index contributed by atoms with van der Waals surface area (Å²) >= 11 is 0. The SMILES string of the molecule is CN(C)CCOC(=O)C12CC3CCC(CC(C3)C1)C2.Cl. The summed E-state index contributed by atoms with van der Waals surface area (Å²) in [5, 5.41) is 0. The fourth-order valence-corrected chi connectivity index (χ4v) is 4.92. The molecule has 2 atom stereocenters. The van der Waals surface area contributed by atoms with Gasteiger partial charge in [-0.15, -0.1) is 12.4 Å². The molecule has 0 aromatic rings. The standard InChI is InChI=1S/C16H27NO2.ClH/c1-17(2)5-6-19-15(18)16-9-12-3-4-13(10-16)8-14(7-12)11-16;/h12-14H,3-11H2,1-2H3;1H. The number of fused-ring (bicyclic) bond motifs is 1. The van der Waals surface area contributed by atoms with E-state index in [4.69, 9.17) is 4.74 Å². The summed E-state index contributed by atoms with van der Waals surface area (Å²) in [5.74, 6) is 2.53. The molecule has 0 saturated heterocycles. The van der Waals surface area contributed by atoms with Crippen LogP contribution in [0.25, 0.3) is 0 Å². The van der Waals surface area contributed by atoms with E-state index >= 15 is 0 Å². The molecule has 0 amide bonds. The Morgan fingerprint density at radius 2 is 1.65 bits per heavy atom. The van der Waals surface area contributed by atoms with Crippen LogP contribution in [0, 0.1) is 23.2 Å². The molecule has 0 aromatic carbocycles. The molecule has 4 saturated carbocycles. The zero-order chi connectivity index (χ0) is 13.5. The van der Waals surface area contributed by atoms with Gasteiger partial charge in [-0.25, -0.2) is 0 Å². The van der Waals surface area contributed by atoms with Gasteiger partial charge in [0.15, 0.2) is 0 Å². The maximum absolute atomic E-state index is 12.6. The fraction of sp³-hybridized carbons (Fsp3) is 0.938. The van der Waals surface area contributed by atoms with Crippen LogP contribution in [0.1, 0.15) is 44.9 Å². The maximum atomic E-state index is 12.6. The minimum absolute atomic E-state index is 0. The van der Waals surface area contributed by atoms with Gasteiger partial charge in [-0.3, -0.25) is 4.79 Å². The molecule has 0 radical (unpaired) electrons. The highest BCUT2D eigenvalue weighted by molar-refractivity contribution is 5.85. The summed E-state index contributed by atoms with van der Waals surface area (Å²) in [5.41, 5.74) is -0.0979. The third-order valence-electron chi connectivity index (χ3n) is 5.56. The largest absolute Gasteiger partial charge is 0.464 e. The predicted octanol–water partition coefficient (Wildman–Crippen LogP) is 3.12. The lowest BCUT2D eigenvalue weighted by molar-refractivity contribution is -0.164. The van der Waals surface area contributed by atoms with Gasteiger partial charge < -0.3 is 9.64 Å². The molecule has 2 unspecified atom stereocenters. The van der Waals surface area contributed by atoms with Crippen LogP contribution in [0.2, 0.25) is 0 Å². The number of esters is 1. The number of nitrogens with zero attached hydrogens (tertiary/aromatic N) is 1. The Bertz CT molecular complexity index is 342. The molecular formula is C16H28ClNO2. The molecule has 4 rings (SSSR count). The van der Waals surface area contributed by atoms with Gasteiger partial charge >= 0.3 is 5.97 Å². The second-order valence-corrected chi connectivity index (χ2v) is 7.48. The molecule has 20 heavy (non-hydrogen) atoms. The van der Waals surface area contributed by atoms with E-state index in [1.54, 1.807) is 0 Å². The van der Waals surface area contributed by atoms with E-state index < -0.39 is 0 Å². The van der Waals surface area contributed by atoms with Crippen LogP contribution in [-0.2, 0) is 9.53 Å². The second-order valence-electron chi connectivity index (χ2n) is 7.48. The lowest BCUT2D eigenvalue weighted by Crippen LogP contribution is -2.44. The molecular weight excluding hydrogens is 274 g/mol. The average Bonchev–Trinajstić information content (AvgIpc) is 2.55. The van der Waals surface area contributed by atoms with Crippen molar-refractivity contribution >= 4 is 18.4 Å². The van der Waals surface area contributed by atoms with Crippen molar-refractivity contribution in [2.75, 3.05) is 27.2 Å². The van der Waals surface area contributed by atoms with Crippen molar-refractivity contribution in [2.45, 2.75) is 44.9 Å². The van der Waals surface area contributed by atoms with Crippen LogP contribution in [0.3, 0.4) is 0 Å². The lowest BCUT2D eigenvalue weighted by atomic mass is 9.58. The minimum atomic E-state index is -0.0979. The number of carbonyl (C=O) groups excluding carboxylic acids is 1. The minimum Gasteiger partial charge on any atom is -0.464 e. The van der Waals surface area contributed by atoms with Crippen LogP contribution in [0.15, 0.2) is 0 Å². The molecule has 4 bridgehead atoms. The quantitative estimate of drug-likeness (QED) is 0.747. The van der Waals surface area contributed by atoms with Crippen LogP contribution in [-0.4, -0.2) is 38.1 Å². The zero-order valence-corrected chi connectivity index (χ0v) is 13.6. The Morgan fingerprint density at radius 1 is 1.10 bits per heavy atom. The lowest BCUT2D eigenvalue weighted by Gasteiger charge is -2.46. The molecule has 4 aliphatic rings. The molecule has 0 spiro atoms. The van der Waals surface area contributed by atoms with E-state index in [0.29, 0.717) is 6.61 Å². The van der Waals surface area contributed by atoms with Crippen molar-refractivity contribution in [1.82, 2.24) is 4.90 Å². The first-order valence-corrected chi connectivity index (χ1v) is 7.89. The Kier molecular flexibility index (Phi) is 5.01. The molecule has 0 N–H and O–H groups in total. The monoisotopic (exact) mass is 301 g/mol. The third kappa shape index (κ3) is 3.14. The average molecular weight is 302 g/mol. The van der Waals surface area contributed by atoms with E-state index in [0.717, 1.165) is 43.6 Å². The van der Waals surface area contributed by atoms with Gasteiger partial charge in [0, 0.05) is 6.54 Å². The molecule has 3 nitrogen and oxygen atoms in total. The number of hydrogen-bond acceptors (Lipinski definition) is 3. The highest BCUT2D eigenvalue weighted by atomic mass is 35.5. The summed E-state index contributed by atoms with van der Waals surface area (Å²) in [7, 11) is 4.03. The molecule has 4 heteroatoms. The zero-order valence-electron chi connectivity index (χ0n) is 12.8. The summed E-state index contributed by atoms with van der Waals surface area (Å²) in [4.78, 5) is 14.7. The Hall–Kier alpha value is -0.280. The van der Waals surface area contributed by atoms with Crippen LogP contribution < -0.4 is 0 Å². The summed E-state index contributed by atoms with van der Waals surface area (Å²) in [6.45, 7) is 1.38. The molecule has 4 aliphatic carbocycles. The van der Waals surface area contributed by atoms with E-state index in [2.05, 4.69) is 4.90 Å². The number of rotatable bonds is 4. The van der Waals surface area contributed by atoms with E-state index in [9.17, 15) is 4.79 Å². The molecule has 0 aromatic heterocycles. The number of ether oxygens (including phenoxy) is 1. The Balaban J connectivity index is 0.00000147. The van der Waals surface area contributed by atoms with Gasteiger partial charge in [0.25, 0.3) is 0 Å². The van der Waals surface area contributed by atoms with E-state index in [-0.39, 0.29) is 23.8 Å². The number of carbonyl (C=O) groups is 1. The van der Waals surface area contributed by atoms with Gasteiger partial charge in [-0.2, -0.15) is 0 Å². The Morgan fingerprint density at radius 3 is 2.20 bits per heavy atom. The topological polar surface area (TPSA) is 29.5 Å². The highest BCUT2D eigenvalue weighted by Crippen LogP contribution is 2.58.